The SMILES string of the molecule is CC(N)(C(=O)Nc1ccccc1C#N)C(F)(F)F. The number of amides is 1. The molecule has 0 aliphatic carbocycles. The molecule has 7 heteroatoms. The van der Waals surface area contributed by atoms with Crippen LogP contribution in [-0.2, 0) is 4.79 Å². The zero-order valence-corrected chi connectivity index (χ0v) is 9.38. The van der Waals surface area contributed by atoms with Gasteiger partial charge in [0.05, 0.1) is 11.3 Å². The van der Waals surface area contributed by atoms with Gasteiger partial charge in [-0.05, 0) is 19.1 Å². The quantitative estimate of drug-likeness (QED) is 0.847. The predicted octanol–water partition coefficient (Wildman–Crippen LogP) is 1.78. The molecule has 0 saturated carbocycles. The number of rotatable bonds is 2. The monoisotopic (exact) mass is 257 g/mol. The van der Waals surface area contributed by atoms with Gasteiger partial charge in [-0.15, -0.1) is 0 Å². The molecule has 1 atom stereocenters. The second kappa shape index (κ2) is 4.66. The maximum atomic E-state index is 12.5. The summed E-state index contributed by atoms with van der Waals surface area (Å²) in [5.41, 5.74) is 1.99. The normalized spacial score (nSPS) is 14.4. The number of anilines is 1. The third-order valence-corrected chi connectivity index (χ3v) is 2.36. The molecule has 0 aromatic heterocycles. The Balaban J connectivity index is 3.00. The van der Waals surface area contributed by atoms with Crippen LogP contribution in [0.5, 0.6) is 0 Å². The average molecular weight is 257 g/mol. The number of carbonyl (C=O) groups excluding carboxylic acids is 1. The molecule has 18 heavy (non-hydrogen) atoms. The van der Waals surface area contributed by atoms with Gasteiger partial charge < -0.3 is 11.1 Å². The summed E-state index contributed by atoms with van der Waals surface area (Å²) in [6, 6.07) is 7.46. The van der Waals surface area contributed by atoms with Crippen LogP contribution >= 0.6 is 0 Å². The molecule has 0 spiro atoms. The maximum Gasteiger partial charge on any atom is 0.415 e. The summed E-state index contributed by atoms with van der Waals surface area (Å²) in [6.07, 6.45) is -4.88. The highest BCUT2D eigenvalue weighted by atomic mass is 19.4. The highest BCUT2D eigenvalue weighted by Crippen LogP contribution is 2.29. The van der Waals surface area contributed by atoms with Gasteiger partial charge in [0.15, 0.2) is 5.54 Å². The Bertz CT molecular complexity index is 503. The van der Waals surface area contributed by atoms with E-state index in [-0.39, 0.29) is 11.3 Å². The van der Waals surface area contributed by atoms with Crippen molar-refractivity contribution in [3.05, 3.63) is 29.8 Å². The van der Waals surface area contributed by atoms with Crippen molar-refractivity contribution in [3.63, 3.8) is 0 Å². The largest absolute Gasteiger partial charge is 0.415 e. The molecule has 0 radical (unpaired) electrons. The van der Waals surface area contributed by atoms with Crippen molar-refractivity contribution in [2.45, 2.75) is 18.6 Å². The van der Waals surface area contributed by atoms with Crippen LogP contribution in [0.25, 0.3) is 0 Å². The van der Waals surface area contributed by atoms with Crippen molar-refractivity contribution >= 4 is 11.6 Å². The van der Waals surface area contributed by atoms with Crippen LogP contribution in [0.3, 0.4) is 0 Å². The Morgan fingerprint density at radius 1 is 1.39 bits per heavy atom. The van der Waals surface area contributed by atoms with E-state index >= 15 is 0 Å². The molecule has 0 saturated heterocycles. The van der Waals surface area contributed by atoms with Crippen LogP contribution in [0.15, 0.2) is 24.3 Å². The Kier molecular flexibility index (Phi) is 3.62. The number of benzene rings is 1. The van der Waals surface area contributed by atoms with Crippen LogP contribution in [0, 0.1) is 11.3 Å². The number of alkyl halides is 3. The lowest BCUT2D eigenvalue weighted by Crippen LogP contribution is -2.59. The van der Waals surface area contributed by atoms with Crippen molar-refractivity contribution in [1.82, 2.24) is 0 Å². The number of halogens is 3. The van der Waals surface area contributed by atoms with E-state index in [2.05, 4.69) is 0 Å². The fourth-order valence-electron chi connectivity index (χ4n) is 1.07. The molecule has 1 rings (SSSR count). The lowest BCUT2D eigenvalue weighted by atomic mass is 10.0. The first-order valence-corrected chi connectivity index (χ1v) is 4.86. The molecular formula is C11H10F3N3O. The van der Waals surface area contributed by atoms with Gasteiger partial charge in [-0.2, -0.15) is 18.4 Å². The number of carbonyl (C=O) groups is 1. The van der Waals surface area contributed by atoms with Crippen LogP contribution in [0.2, 0.25) is 0 Å². The minimum Gasteiger partial charge on any atom is -0.323 e. The number of para-hydroxylation sites is 1. The average Bonchev–Trinajstić information content (AvgIpc) is 2.28. The second-order valence-corrected chi connectivity index (χ2v) is 3.81. The first-order valence-electron chi connectivity index (χ1n) is 4.86. The summed E-state index contributed by atoms with van der Waals surface area (Å²) in [6.45, 7) is 0.567. The summed E-state index contributed by atoms with van der Waals surface area (Å²) in [5, 5.41) is 10.7. The molecule has 1 amide bonds. The Morgan fingerprint density at radius 2 is 1.94 bits per heavy atom. The van der Waals surface area contributed by atoms with Crippen molar-refractivity contribution in [1.29, 1.82) is 5.26 Å². The van der Waals surface area contributed by atoms with Gasteiger partial charge in [-0.3, -0.25) is 4.79 Å². The van der Waals surface area contributed by atoms with E-state index in [1.54, 1.807) is 6.07 Å². The first-order chi connectivity index (χ1) is 8.20. The van der Waals surface area contributed by atoms with E-state index in [1.165, 1.54) is 24.3 Å². The van der Waals surface area contributed by atoms with E-state index < -0.39 is 17.6 Å². The van der Waals surface area contributed by atoms with E-state index in [4.69, 9.17) is 11.0 Å². The summed E-state index contributed by atoms with van der Waals surface area (Å²) >= 11 is 0. The fraction of sp³-hybridized carbons (Fsp3) is 0.273. The summed E-state index contributed by atoms with van der Waals surface area (Å²) < 4.78 is 37.6. The molecule has 96 valence electrons. The number of nitrogens with one attached hydrogen (secondary N) is 1. The van der Waals surface area contributed by atoms with Gasteiger partial charge in [-0.25, -0.2) is 0 Å². The minimum absolute atomic E-state index is 0.00840. The third kappa shape index (κ3) is 2.60. The zero-order valence-electron chi connectivity index (χ0n) is 9.38. The van der Waals surface area contributed by atoms with Gasteiger partial charge in [-0.1, -0.05) is 12.1 Å². The van der Waals surface area contributed by atoms with Gasteiger partial charge in [0.1, 0.15) is 6.07 Å². The number of nitriles is 1. The molecule has 4 nitrogen and oxygen atoms in total. The van der Waals surface area contributed by atoms with Crippen LogP contribution < -0.4 is 11.1 Å². The van der Waals surface area contributed by atoms with E-state index in [1.807, 2.05) is 5.32 Å². The Hall–Kier alpha value is -2.07. The van der Waals surface area contributed by atoms with E-state index in [0.717, 1.165) is 0 Å². The summed E-state index contributed by atoms with van der Waals surface area (Å²) in [5.74, 6) is -1.42. The molecule has 3 N–H and O–H groups in total. The molecule has 0 fully saturated rings. The number of hydrogen-bond acceptors (Lipinski definition) is 3. The number of hydrogen-bond donors (Lipinski definition) is 2. The standard InChI is InChI=1S/C11H10F3N3O/c1-10(16,11(12,13)14)9(18)17-8-5-3-2-4-7(8)6-15/h2-5H,16H2,1H3,(H,17,18). The van der Waals surface area contributed by atoms with Gasteiger partial charge >= 0.3 is 6.18 Å². The van der Waals surface area contributed by atoms with Gasteiger partial charge in [0, 0.05) is 0 Å². The highest BCUT2D eigenvalue weighted by Gasteiger charge is 2.54. The predicted molar refractivity (Wildman–Crippen MR) is 58.4 cm³/mol. The van der Waals surface area contributed by atoms with Crippen molar-refractivity contribution < 1.29 is 18.0 Å². The maximum absolute atomic E-state index is 12.5. The fourth-order valence-corrected chi connectivity index (χ4v) is 1.07. The minimum atomic E-state index is -4.88. The lowest BCUT2D eigenvalue weighted by molar-refractivity contribution is -0.184. The topological polar surface area (TPSA) is 78.9 Å². The van der Waals surface area contributed by atoms with Crippen LogP contribution in [-0.4, -0.2) is 17.6 Å². The molecule has 0 bridgehead atoms. The third-order valence-electron chi connectivity index (χ3n) is 2.36. The smallest absolute Gasteiger partial charge is 0.323 e. The molecule has 1 unspecified atom stereocenters. The Labute approximate surface area is 101 Å². The van der Waals surface area contributed by atoms with Crippen molar-refractivity contribution in [2.24, 2.45) is 5.73 Å². The molecule has 1 aromatic carbocycles. The molecule has 0 aliphatic rings. The molecule has 0 aliphatic heterocycles. The summed E-state index contributed by atoms with van der Waals surface area (Å²) in [7, 11) is 0. The van der Waals surface area contributed by atoms with Crippen molar-refractivity contribution in [3.8, 4) is 6.07 Å². The second-order valence-electron chi connectivity index (χ2n) is 3.81. The number of nitrogens with two attached hydrogens (primary N) is 1. The van der Waals surface area contributed by atoms with Crippen LogP contribution in [0.4, 0.5) is 18.9 Å². The molecule has 0 heterocycles. The highest BCUT2D eigenvalue weighted by molar-refractivity contribution is 5.99. The van der Waals surface area contributed by atoms with Gasteiger partial charge in [0.25, 0.3) is 5.91 Å². The van der Waals surface area contributed by atoms with E-state index in [9.17, 15) is 18.0 Å². The zero-order chi connectivity index (χ0) is 14.0. The lowest BCUT2D eigenvalue weighted by Gasteiger charge is -2.26. The first kappa shape index (κ1) is 14.0. The van der Waals surface area contributed by atoms with E-state index in [0.29, 0.717) is 6.92 Å². The van der Waals surface area contributed by atoms with Crippen LogP contribution in [0.1, 0.15) is 12.5 Å². The van der Waals surface area contributed by atoms with Crippen molar-refractivity contribution in [2.75, 3.05) is 5.32 Å². The Morgan fingerprint density at radius 3 is 2.44 bits per heavy atom. The number of nitrogens with zero attached hydrogens (tertiary/aromatic N) is 1. The molecular weight excluding hydrogens is 247 g/mol. The molecule has 1 aromatic rings. The summed E-state index contributed by atoms with van der Waals surface area (Å²) in [4.78, 5) is 11.5. The van der Waals surface area contributed by atoms with Gasteiger partial charge in [0.2, 0.25) is 0 Å².